The third-order valence-electron chi connectivity index (χ3n) is 4.38. The van der Waals surface area contributed by atoms with Crippen LogP contribution in [0, 0.1) is 5.92 Å². The largest absolute Gasteiger partial charge is 0.469 e. The molecule has 2 aliphatic rings. The molecular formula is C14H26N2O2. The molecular weight excluding hydrogens is 228 g/mol. The quantitative estimate of drug-likeness (QED) is 0.753. The van der Waals surface area contributed by atoms with Crippen molar-refractivity contribution in [1.82, 2.24) is 10.2 Å². The SMILES string of the molecule is COC(=O)CCCN1CCC(C2CCCN2)CC1. The first kappa shape index (κ1) is 13.8. The first-order chi connectivity index (χ1) is 8.79. The minimum absolute atomic E-state index is 0.0833. The van der Waals surface area contributed by atoms with Gasteiger partial charge in [0.2, 0.25) is 0 Å². The molecule has 1 atom stereocenters. The lowest BCUT2D eigenvalue weighted by molar-refractivity contribution is -0.140. The predicted octanol–water partition coefficient (Wildman–Crippen LogP) is 1.40. The zero-order chi connectivity index (χ0) is 12.8. The zero-order valence-electron chi connectivity index (χ0n) is 11.5. The molecule has 2 saturated heterocycles. The molecule has 1 unspecified atom stereocenters. The molecule has 0 aromatic heterocycles. The van der Waals surface area contributed by atoms with Gasteiger partial charge in [-0.15, -0.1) is 0 Å². The van der Waals surface area contributed by atoms with Crippen LogP contribution in [0.1, 0.15) is 38.5 Å². The molecule has 0 aromatic rings. The molecule has 0 aliphatic carbocycles. The Labute approximate surface area is 110 Å². The molecule has 2 aliphatic heterocycles. The van der Waals surface area contributed by atoms with Crippen LogP contribution in [0.4, 0.5) is 0 Å². The summed E-state index contributed by atoms with van der Waals surface area (Å²) in [5.41, 5.74) is 0. The second kappa shape index (κ2) is 7.10. The van der Waals surface area contributed by atoms with E-state index in [1.54, 1.807) is 0 Å². The van der Waals surface area contributed by atoms with E-state index in [0.717, 1.165) is 24.9 Å². The molecule has 1 N–H and O–H groups in total. The Morgan fingerprint density at radius 3 is 2.72 bits per heavy atom. The monoisotopic (exact) mass is 254 g/mol. The molecule has 0 aromatic carbocycles. The van der Waals surface area contributed by atoms with Crippen LogP contribution in [0.3, 0.4) is 0 Å². The molecule has 0 saturated carbocycles. The number of esters is 1. The lowest BCUT2D eigenvalue weighted by Gasteiger charge is -2.34. The van der Waals surface area contributed by atoms with Crippen LogP contribution in [-0.2, 0) is 9.53 Å². The van der Waals surface area contributed by atoms with Gasteiger partial charge in [-0.3, -0.25) is 4.79 Å². The Bertz CT molecular complexity index is 257. The van der Waals surface area contributed by atoms with Crippen molar-refractivity contribution in [2.45, 2.75) is 44.6 Å². The van der Waals surface area contributed by atoms with Crippen molar-refractivity contribution in [3.63, 3.8) is 0 Å². The zero-order valence-corrected chi connectivity index (χ0v) is 11.5. The van der Waals surface area contributed by atoms with Gasteiger partial charge in [0.1, 0.15) is 0 Å². The molecule has 0 bridgehead atoms. The maximum absolute atomic E-state index is 11.0. The maximum atomic E-state index is 11.0. The van der Waals surface area contributed by atoms with Crippen molar-refractivity contribution >= 4 is 5.97 Å². The van der Waals surface area contributed by atoms with Crippen molar-refractivity contribution in [2.24, 2.45) is 5.92 Å². The summed E-state index contributed by atoms with van der Waals surface area (Å²) in [6.45, 7) is 4.65. The summed E-state index contributed by atoms with van der Waals surface area (Å²) >= 11 is 0. The predicted molar refractivity (Wildman–Crippen MR) is 71.4 cm³/mol. The van der Waals surface area contributed by atoms with Crippen LogP contribution < -0.4 is 5.32 Å². The summed E-state index contributed by atoms with van der Waals surface area (Å²) in [4.78, 5) is 13.5. The van der Waals surface area contributed by atoms with Gasteiger partial charge >= 0.3 is 5.97 Å². The van der Waals surface area contributed by atoms with Gasteiger partial charge in [0.25, 0.3) is 0 Å². The minimum Gasteiger partial charge on any atom is -0.469 e. The van der Waals surface area contributed by atoms with E-state index in [1.807, 2.05) is 0 Å². The van der Waals surface area contributed by atoms with Crippen LogP contribution in [0.25, 0.3) is 0 Å². The van der Waals surface area contributed by atoms with Crippen molar-refractivity contribution < 1.29 is 9.53 Å². The van der Waals surface area contributed by atoms with Crippen LogP contribution in [0.5, 0.6) is 0 Å². The minimum atomic E-state index is -0.0833. The summed E-state index contributed by atoms with van der Waals surface area (Å²) in [6, 6.07) is 0.780. The Hall–Kier alpha value is -0.610. The number of methoxy groups -OCH3 is 1. The van der Waals surface area contributed by atoms with E-state index in [0.29, 0.717) is 6.42 Å². The van der Waals surface area contributed by atoms with E-state index >= 15 is 0 Å². The summed E-state index contributed by atoms with van der Waals surface area (Å²) in [6.07, 6.45) is 6.84. The Kier molecular flexibility index (Phi) is 5.45. The third kappa shape index (κ3) is 3.95. The number of carbonyl (C=O) groups is 1. The van der Waals surface area contributed by atoms with Gasteiger partial charge in [0, 0.05) is 12.5 Å². The maximum Gasteiger partial charge on any atom is 0.305 e. The van der Waals surface area contributed by atoms with Gasteiger partial charge in [0.15, 0.2) is 0 Å². The van der Waals surface area contributed by atoms with E-state index in [-0.39, 0.29) is 5.97 Å². The number of piperidine rings is 1. The van der Waals surface area contributed by atoms with E-state index in [2.05, 4.69) is 15.0 Å². The first-order valence-corrected chi connectivity index (χ1v) is 7.32. The molecule has 2 fully saturated rings. The first-order valence-electron chi connectivity index (χ1n) is 7.32. The smallest absolute Gasteiger partial charge is 0.305 e. The van der Waals surface area contributed by atoms with Gasteiger partial charge in [-0.05, 0) is 64.2 Å². The normalized spacial score (nSPS) is 26.4. The molecule has 104 valence electrons. The number of carbonyl (C=O) groups excluding carboxylic acids is 1. The van der Waals surface area contributed by atoms with Crippen LogP contribution in [-0.4, -0.2) is 50.2 Å². The van der Waals surface area contributed by atoms with Crippen molar-refractivity contribution in [3.8, 4) is 0 Å². The van der Waals surface area contributed by atoms with Crippen molar-refractivity contribution in [1.29, 1.82) is 0 Å². The lowest BCUT2D eigenvalue weighted by atomic mass is 9.88. The van der Waals surface area contributed by atoms with Crippen molar-refractivity contribution in [2.75, 3.05) is 33.3 Å². The van der Waals surface area contributed by atoms with Gasteiger partial charge < -0.3 is 15.0 Å². The average Bonchev–Trinajstić information content (AvgIpc) is 2.93. The fraction of sp³-hybridized carbons (Fsp3) is 0.929. The number of nitrogens with zero attached hydrogens (tertiary/aromatic N) is 1. The fourth-order valence-electron chi connectivity index (χ4n) is 3.24. The molecule has 0 amide bonds. The highest BCUT2D eigenvalue weighted by Gasteiger charge is 2.27. The topological polar surface area (TPSA) is 41.6 Å². The van der Waals surface area contributed by atoms with E-state index in [1.165, 1.54) is 52.4 Å². The van der Waals surface area contributed by atoms with E-state index in [9.17, 15) is 4.79 Å². The lowest BCUT2D eigenvalue weighted by Crippen LogP contribution is -2.41. The average molecular weight is 254 g/mol. The molecule has 0 radical (unpaired) electrons. The van der Waals surface area contributed by atoms with E-state index in [4.69, 9.17) is 0 Å². The third-order valence-corrected chi connectivity index (χ3v) is 4.38. The summed E-state index contributed by atoms with van der Waals surface area (Å²) in [5.74, 6) is 0.796. The van der Waals surface area contributed by atoms with E-state index < -0.39 is 0 Å². The molecule has 4 nitrogen and oxygen atoms in total. The van der Waals surface area contributed by atoms with Crippen molar-refractivity contribution in [3.05, 3.63) is 0 Å². The highest BCUT2D eigenvalue weighted by atomic mass is 16.5. The van der Waals surface area contributed by atoms with Crippen LogP contribution >= 0.6 is 0 Å². The second-order valence-electron chi connectivity index (χ2n) is 5.56. The number of hydrogen-bond donors (Lipinski definition) is 1. The number of ether oxygens (including phenoxy) is 1. The molecule has 2 rings (SSSR count). The molecule has 2 heterocycles. The highest BCUT2D eigenvalue weighted by molar-refractivity contribution is 5.69. The van der Waals surface area contributed by atoms with Gasteiger partial charge in [0.05, 0.1) is 7.11 Å². The number of hydrogen-bond acceptors (Lipinski definition) is 4. The summed E-state index contributed by atoms with van der Waals surface area (Å²) in [5, 5.41) is 3.63. The van der Waals surface area contributed by atoms with Gasteiger partial charge in [-0.25, -0.2) is 0 Å². The molecule has 18 heavy (non-hydrogen) atoms. The van der Waals surface area contributed by atoms with Gasteiger partial charge in [-0.1, -0.05) is 0 Å². The van der Waals surface area contributed by atoms with Gasteiger partial charge in [-0.2, -0.15) is 0 Å². The Balaban J connectivity index is 1.59. The van der Waals surface area contributed by atoms with Crippen LogP contribution in [0.2, 0.25) is 0 Å². The summed E-state index contributed by atoms with van der Waals surface area (Å²) < 4.78 is 4.66. The number of rotatable bonds is 5. The van der Waals surface area contributed by atoms with Crippen LogP contribution in [0.15, 0.2) is 0 Å². The molecule has 4 heteroatoms. The second-order valence-corrected chi connectivity index (χ2v) is 5.56. The number of nitrogens with one attached hydrogen (secondary N) is 1. The Morgan fingerprint density at radius 2 is 2.11 bits per heavy atom. The Morgan fingerprint density at radius 1 is 1.33 bits per heavy atom. The summed E-state index contributed by atoms with van der Waals surface area (Å²) in [7, 11) is 1.46. The number of likely N-dealkylation sites (tertiary alicyclic amines) is 1. The molecule has 0 spiro atoms. The fourth-order valence-corrected chi connectivity index (χ4v) is 3.24. The standard InChI is InChI=1S/C14H26N2O2/c1-18-14(17)5-3-9-16-10-6-12(7-11-16)13-4-2-8-15-13/h12-13,15H,2-11H2,1H3. The highest BCUT2D eigenvalue weighted by Crippen LogP contribution is 2.25.